The number of nitrogens with one attached hydrogen (secondary N) is 1. The van der Waals surface area contributed by atoms with Crippen LogP contribution in [0.5, 0.6) is 5.75 Å². The SMILES string of the molecule is Cc1nc(CC2CCC(N(C)c3ccc(C(C)(C)C)cc3)CC2)nc(C(=O)NCC(=O)O)c1O. The van der Waals surface area contributed by atoms with Crippen molar-refractivity contribution in [3.05, 3.63) is 47.0 Å². The lowest BCUT2D eigenvalue weighted by atomic mass is 9.83. The van der Waals surface area contributed by atoms with Gasteiger partial charge in [-0.15, -0.1) is 0 Å². The van der Waals surface area contributed by atoms with Crippen molar-refractivity contribution in [2.75, 3.05) is 18.5 Å². The molecule has 1 aliphatic rings. The van der Waals surface area contributed by atoms with Gasteiger partial charge in [-0.25, -0.2) is 9.97 Å². The topological polar surface area (TPSA) is 116 Å². The summed E-state index contributed by atoms with van der Waals surface area (Å²) in [6, 6.07) is 9.31. The lowest BCUT2D eigenvalue weighted by molar-refractivity contribution is -0.135. The van der Waals surface area contributed by atoms with Crippen molar-refractivity contribution >= 4 is 17.6 Å². The first-order valence-corrected chi connectivity index (χ1v) is 11.9. The van der Waals surface area contributed by atoms with Gasteiger partial charge in [0.05, 0.1) is 5.69 Å². The summed E-state index contributed by atoms with van der Waals surface area (Å²) in [5.41, 5.74) is 2.84. The molecule has 1 heterocycles. The van der Waals surface area contributed by atoms with Gasteiger partial charge in [-0.1, -0.05) is 32.9 Å². The van der Waals surface area contributed by atoms with E-state index in [0.717, 1.165) is 25.7 Å². The van der Waals surface area contributed by atoms with Crippen LogP contribution in [-0.4, -0.2) is 51.7 Å². The molecule has 8 heteroatoms. The summed E-state index contributed by atoms with van der Waals surface area (Å²) < 4.78 is 0. The first kappa shape index (κ1) is 25.5. The highest BCUT2D eigenvalue weighted by Gasteiger charge is 2.26. The van der Waals surface area contributed by atoms with Gasteiger partial charge >= 0.3 is 5.97 Å². The standard InChI is InChI=1S/C26H36N4O4/c1-16-24(33)23(25(34)27-15-22(31)32)29-21(28-16)14-17-6-10-19(11-7-17)30(5)20-12-8-18(9-13-20)26(2,3)4/h8-9,12-13,17,19,33H,6-7,10-11,14-15H2,1-5H3,(H,27,34)(H,31,32). The Hall–Kier alpha value is -3.16. The summed E-state index contributed by atoms with van der Waals surface area (Å²) in [4.78, 5) is 34.0. The van der Waals surface area contributed by atoms with Crippen molar-refractivity contribution < 1.29 is 19.8 Å². The molecule has 0 saturated heterocycles. The van der Waals surface area contributed by atoms with E-state index in [-0.39, 0.29) is 16.9 Å². The average molecular weight is 469 g/mol. The number of rotatable bonds is 7. The Labute approximate surface area is 201 Å². The third-order valence-electron chi connectivity index (χ3n) is 6.70. The van der Waals surface area contributed by atoms with Gasteiger partial charge in [0.2, 0.25) is 0 Å². The van der Waals surface area contributed by atoms with Crippen LogP contribution in [-0.2, 0) is 16.6 Å². The van der Waals surface area contributed by atoms with E-state index in [1.54, 1.807) is 6.92 Å². The molecule has 0 spiro atoms. The van der Waals surface area contributed by atoms with E-state index < -0.39 is 18.4 Å². The molecule has 3 N–H and O–H groups in total. The number of amides is 1. The zero-order valence-corrected chi connectivity index (χ0v) is 20.8. The Kier molecular flexibility index (Phi) is 7.79. The maximum Gasteiger partial charge on any atom is 0.322 e. The summed E-state index contributed by atoms with van der Waals surface area (Å²) in [6.45, 7) is 7.74. The van der Waals surface area contributed by atoms with Crippen LogP contribution in [0.4, 0.5) is 5.69 Å². The molecule has 0 unspecified atom stereocenters. The van der Waals surface area contributed by atoms with Crippen LogP contribution in [0.1, 0.15) is 74.0 Å². The van der Waals surface area contributed by atoms with Gasteiger partial charge in [-0.2, -0.15) is 0 Å². The average Bonchev–Trinajstić information content (AvgIpc) is 2.79. The number of benzene rings is 1. The molecule has 184 valence electrons. The highest BCUT2D eigenvalue weighted by atomic mass is 16.4. The fourth-order valence-electron chi connectivity index (χ4n) is 4.52. The quantitative estimate of drug-likeness (QED) is 0.565. The third-order valence-corrected chi connectivity index (χ3v) is 6.70. The number of aromatic hydroxyl groups is 1. The van der Waals surface area contributed by atoms with Gasteiger partial charge in [0, 0.05) is 25.2 Å². The number of carbonyl (C=O) groups is 2. The van der Waals surface area contributed by atoms with Gasteiger partial charge in [0.15, 0.2) is 11.4 Å². The van der Waals surface area contributed by atoms with E-state index >= 15 is 0 Å². The van der Waals surface area contributed by atoms with E-state index in [4.69, 9.17) is 5.11 Å². The number of hydrogen-bond acceptors (Lipinski definition) is 6. The number of anilines is 1. The van der Waals surface area contributed by atoms with Crippen LogP contribution in [0.2, 0.25) is 0 Å². The highest BCUT2D eigenvalue weighted by molar-refractivity contribution is 5.96. The fraction of sp³-hybridized carbons (Fsp3) is 0.538. The van der Waals surface area contributed by atoms with Gasteiger partial charge in [-0.3, -0.25) is 9.59 Å². The number of nitrogens with zero attached hydrogens (tertiary/aromatic N) is 3. The van der Waals surface area contributed by atoms with Crippen LogP contribution in [0.15, 0.2) is 24.3 Å². The molecule has 0 atom stereocenters. The van der Waals surface area contributed by atoms with Crippen molar-refractivity contribution in [2.24, 2.45) is 5.92 Å². The number of aliphatic carboxylic acids is 1. The Morgan fingerprint density at radius 3 is 2.26 bits per heavy atom. The molecule has 3 rings (SSSR count). The smallest absolute Gasteiger partial charge is 0.322 e. The Morgan fingerprint density at radius 1 is 1.09 bits per heavy atom. The van der Waals surface area contributed by atoms with Crippen molar-refractivity contribution in [3.8, 4) is 5.75 Å². The summed E-state index contributed by atoms with van der Waals surface area (Å²) in [5, 5.41) is 21.2. The highest BCUT2D eigenvalue weighted by Crippen LogP contribution is 2.32. The molecule has 1 aromatic carbocycles. The Bertz CT molecular complexity index is 1020. The molecule has 0 aliphatic heterocycles. The monoisotopic (exact) mass is 468 g/mol. The van der Waals surface area contributed by atoms with Crippen LogP contribution in [0.3, 0.4) is 0 Å². The number of aryl methyl sites for hydroxylation is 1. The first-order valence-electron chi connectivity index (χ1n) is 11.9. The minimum Gasteiger partial charge on any atom is -0.504 e. The van der Waals surface area contributed by atoms with Crippen LogP contribution in [0.25, 0.3) is 0 Å². The van der Waals surface area contributed by atoms with Crippen molar-refractivity contribution in [1.82, 2.24) is 15.3 Å². The van der Waals surface area contributed by atoms with Gasteiger partial charge in [0.1, 0.15) is 12.4 Å². The van der Waals surface area contributed by atoms with E-state index in [2.05, 4.69) is 72.3 Å². The number of aromatic nitrogens is 2. The second-order valence-electron chi connectivity index (χ2n) is 10.3. The molecule has 0 bridgehead atoms. The minimum absolute atomic E-state index is 0.139. The molecule has 1 saturated carbocycles. The molecule has 2 aromatic rings. The Balaban J connectivity index is 1.60. The number of carboxylic acids is 1. The number of carbonyl (C=O) groups excluding carboxylic acids is 1. The second-order valence-corrected chi connectivity index (χ2v) is 10.3. The molecule has 1 aromatic heterocycles. The van der Waals surface area contributed by atoms with Gasteiger partial charge in [0.25, 0.3) is 5.91 Å². The van der Waals surface area contributed by atoms with E-state index in [9.17, 15) is 14.7 Å². The lowest BCUT2D eigenvalue weighted by Crippen LogP contribution is -2.35. The van der Waals surface area contributed by atoms with Crippen molar-refractivity contribution in [2.45, 2.75) is 71.3 Å². The molecule has 1 amide bonds. The fourth-order valence-corrected chi connectivity index (χ4v) is 4.52. The summed E-state index contributed by atoms with van der Waals surface area (Å²) in [5.74, 6) is -1.29. The summed E-state index contributed by atoms with van der Waals surface area (Å²) in [6.07, 6.45) is 4.80. The molecular formula is C26H36N4O4. The zero-order valence-electron chi connectivity index (χ0n) is 20.8. The summed E-state index contributed by atoms with van der Waals surface area (Å²) >= 11 is 0. The van der Waals surface area contributed by atoms with E-state index in [1.165, 1.54) is 11.3 Å². The first-order chi connectivity index (χ1) is 16.0. The van der Waals surface area contributed by atoms with Crippen LogP contribution >= 0.6 is 0 Å². The predicted octanol–water partition coefficient (Wildman–Crippen LogP) is 3.84. The number of hydrogen-bond donors (Lipinski definition) is 3. The third kappa shape index (κ3) is 6.24. The molecule has 0 radical (unpaired) electrons. The molecule has 8 nitrogen and oxygen atoms in total. The maximum atomic E-state index is 12.3. The summed E-state index contributed by atoms with van der Waals surface area (Å²) in [7, 11) is 2.16. The van der Waals surface area contributed by atoms with Crippen molar-refractivity contribution in [3.63, 3.8) is 0 Å². The Morgan fingerprint density at radius 2 is 1.71 bits per heavy atom. The van der Waals surface area contributed by atoms with Crippen molar-refractivity contribution in [1.29, 1.82) is 0 Å². The van der Waals surface area contributed by atoms with Gasteiger partial charge in [-0.05, 0) is 61.6 Å². The lowest BCUT2D eigenvalue weighted by Gasteiger charge is -2.36. The van der Waals surface area contributed by atoms with Gasteiger partial charge < -0.3 is 20.4 Å². The van der Waals surface area contributed by atoms with Crippen LogP contribution in [0, 0.1) is 12.8 Å². The molecule has 1 aliphatic carbocycles. The zero-order chi connectivity index (χ0) is 25.0. The second kappa shape index (κ2) is 10.4. The van der Waals surface area contributed by atoms with E-state index in [1.807, 2.05) is 0 Å². The maximum absolute atomic E-state index is 12.3. The predicted molar refractivity (Wildman–Crippen MR) is 131 cm³/mol. The molecular weight excluding hydrogens is 432 g/mol. The minimum atomic E-state index is -1.16. The largest absolute Gasteiger partial charge is 0.504 e. The van der Waals surface area contributed by atoms with E-state index in [0.29, 0.717) is 29.9 Å². The van der Waals surface area contributed by atoms with Crippen LogP contribution < -0.4 is 10.2 Å². The molecule has 1 fully saturated rings. The molecule has 34 heavy (non-hydrogen) atoms. The number of carboxylic acid groups (broad SMARTS) is 1. The normalized spacial score (nSPS) is 18.4.